The standard InChI is InChI=1S/C17H20N2O5/c1-10-8-12(19(23)24)6-7-13(10)16(20)18-14-5-3-2-4-11(14)9-15(18)17(21)22/h6-8,11,14-15H,2-5,9H2,1H3,(H,21,22). The molecule has 0 bridgehead atoms. The lowest BCUT2D eigenvalue weighted by atomic mass is 9.84. The van der Waals surface area contributed by atoms with E-state index in [1.807, 2.05) is 0 Å². The van der Waals surface area contributed by atoms with Crippen molar-refractivity contribution in [3.8, 4) is 0 Å². The second-order valence-electron chi connectivity index (χ2n) is 6.67. The van der Waals surface area contributed by atoms with Crippen LogP contribution >= 0.6 is 0 Å². The van der Waals surface area contributed by atoms with Crippen molar-refractivity contribution in [1.82, 2.24) is 4.90 Å². The van der Waals surface area contributed by atoms with Crippen LogP contribution in [0.5, 0.6) is 0 Å². The van der Waals surface area contributed by atoms with Crippen LogP contribution in [0.4, 0.5) is 5.69 Å². The number of carboxylic acid groups (broad SMARTS) is 1. The normalized spacial score (nSPS) is 26.0. The van der Waals surface area contributed by atoms with Gasteiger partial charge in [-0.1, -0.05) is 12.8 Å². The number of nitro groups is 1. The van der Waals surface area contributed by atoms with Gasteiger partial charge in [0, 0.05) is 23.7 Å². The topological polar surface area (TPSA) is 101 Å². The van der Waals surface area contributed by atoms with E-state index in [4.69, 9.17) is 0 Å². The number of benzene rings is 1. The predicted molar refractivity (Wildman–Crippen MR) is 85.8 cm³/mol. The number of nitro benzene ring substituents is 1. The Kier molecular flexibility index (Phi) is 4.26. The highest BCUT2D eigenvalue weighted by atomic mass is 16.6. The molecule has 24 heavy (non-hydrogen) atoms. The van der Waals surface area contributed by atoms with Gasteiger partial charge >= 0.3 is 5.97 Å². The molecule has 1 aromatic rings. The Morgan fingerprint density at radius 1 is 1.29 bits per heavy atom. The van der Waals surface area contributed by atoms with Gasteiger partial charge in [-0.3, -0.25) is 14.9 Å². The van der Waals surface area contributed by atoms with Crippen LogP contribution in [-0.2, 0) is 4.79 Å². The lowest BCUT2D eigenvalue weighted by Gasteiger charge is -2.33. The van der Waals surface area contributed by atoms with Crippen molar-refractivity contribution in [2.45, 2.75) is 51.1 Å². The van der Waals surface area contributed by atoms with Crippen molar-refractivity contribution in [2.75, 3.05) is 0 Å². The third-order valence-corrected chi connectivity index (χ3v) is 5.26. The highest BCUT2D eigenvalue weighted by Crippen LogP contribution is 2.40. The van der Waals surface area contributed by atoms with E-state index in [1.165, 1.54) is 23.1 Å². The van der Waals surface area contributed by atoms with Crippen LogP contribution in [0.1, 0.15) is 48.0 Å². The minimum absolute atomic E-state index is 0.0399. The van der Waals surface area contributed by atoms with Gasteiger partial charge in [0.15, 0.2) is 0 Å². The molecular formula is C17H20N2O5. The van der Waals surface area contributed by atoms with Gasteiger partial charge in [-0.25, -0.2) is 4.79 Å². The molecule has 0 radical (unpaired) electrons. The van der Waals surface area contributed by atoms with E-state index in [9.17, 15) is 24.8 Å². The zero-order valence-electron chi connectivity index (χ0n) is 13.5. The van der Waals surface area contributed by atoms with Crippen molar-refractivity contribution in [2.24, 2.45) is 5.92 Å². The summed E-state index contributed by atoms with van der Waals surface area (Å²) in [6.07, 6.45) is 4.35. The summed E-state index contributed by atoms with van der Waals surface area (Å²) >= 11 is 0. The average molecular weight is 332 g/mol. The molecule has 128 valence electrons. The molecule has 2 fully saturated rings. The smallest absolute Gasteiger partial charge is 0.326 e. The van der Waals surface area contributed by atoms with E-state index in [2.05, 4.69) is 0 Å². The van der Waals surface area contributed by atoms with Gasteiger partial charge in [-0.05, 0) is 43.7 Å². The maximum atomic E-state index is 13.0. The van der Waals surface area contributed by atoms with Crippen LogP contribution in [0, 0.1) is 23.0 Å². The first-order valence-electron chi connectivity index (χ1n) is 8.20. The number of carbonyl (C=O) groups excluding carboxylic acids is 1. The quantitative estimate of drug-likeness (QED) is 0.677. The second kappa shape index (κ2) is 6.22. The fourth-order valence-electron chi connectivity index (χ4n) is 4.11. The van der Waals surface area contributed by atoms with E-state index in [1.54, 1.807) is 6.92 Å². The Labute approximate surface area is 139 Å². The summed E-state index contributed by atoms with van der Waals surface area (Å²) in [7, 11) is 0. The number of rotatable bonds is 3. The molecule has 1 aliphatic heterocycles. The highest BCUT2D eigenvalue weighted by Gasteiger charge is 2.47. The van der Waals surface area contributed by atoms with E-state index < -0.39 is 16.9 Å². The summed E-state index contributed by atoms with van der Waals surface area (Å²) in [4.78, 5) is 36.5. The SMILES string of the molecule is Cc1cc([N+](=O)[O-])ccc1C(=O)N1C(C(=O)O)CC2CCCCC21. The number of aliphatic carboxylic acids is 1. The van der Waals surface area contributed by atoms with Gasteiger partial charge in [0.25, 0.3) is 11.6 Å². The predicted octanol–water partition coefficient (Wildman–Crippen LogP) is 2.76. The number of aryl methyl sites for hydroxylation is 1. The van der Waals surface area contributed by atoms with Gasteiger partial charge in [0.05, 0.1) is 4.92 Å². The Bertz CT molecular complexity index is 702. The lowest BCUT2D eigenvalue weighted by Crippen LogP contribution is -2.46. The molecule has 1 N–H and O–H groups in total. The summed E-state index contributed by atoms with van der Waals surface area (Å²) in [6.45, 7) is 1.64. The fraction of sp³-hybridized carbons (Fsp3) is 0.529. The van der Waals surface area contributed by atoms with Crippen LogP contribution < -0.4 is 0 Å². The van der Waals surface area contributed by atoms with E-state index in [0.29, 0.717) is 17.5 Å². The zero-order valence-corrected chi connectivity index (χ0v) is 13.5. The van der Waals surface area contributed by atoms with E-state index >= 15 is 0 Å². The highest BCUT2D eigenvalue weighted by molar-refractivity contribution is 5.98. The molecule has 0 aromatic heterocycles. The Morgan fingerprint density at radius 3 is 2.62 bits per heavy atom. The molecule has 2 aliphatic rings. The van der Waals surface area contributed by atoms with Gasteiger partial charge in [0.1, 0.15) is 6.04 Å². The van der Waals surface area contributed by atoms with Gasteiger partial charge < -0.3 is 10.0 Å². The third-order valence-electron chi connectivity index (χ3n) is 5.26. The van der Waals surface area contributed by atoms with Crippen molar-refractivity contribution in [1.29, 1.82) is 0 Å². The molecular weight excluding hydrogens is 312 g/mol. The first kappa shape index (κ1) is 16.4. The van der Waals surface area contributed by atoms with Crippen LogP contribution in [0.3, 0.4) is 0 Å². The number of hydrogen-bond acceptors (Lipinski definition) is 4. The molecule has 1 saturated carbocycles. The Hall–Kier alpha value is -2.44. The van der Waals surface area contributed by atoms with Gasteiger partial charge in [-0.2, -0.15) is 0 Å². The minimum Gasteiger partial charge on any atom is -0.480 e. The maximum Gasteiger partial charge on any atom is 0.326 e. The van der Waals surface area contributed by atoms with Crippen LogP contribution in [-0.4, -0.2) is 38.9 Å². The molecule has 0 spiro atoms. The van der Waals surface area contributed by atoms with E-state index in [-0.39, 0.29) is 23.6 Å². The molecule has 1 amide bonds. The summed E-state index contributed by atoms with van der Waals surface area (Å²) < 4.78 is 0. The molecule has 7 nitrogen and oxygen atoms in total. The van der Waals surface area contributed by atoms with Crippen molar-refractivity contribution >= 4 is 17.6 Å². The van der Waals surface area contributed by atoms with Gasteiger partial charge in [0.2, 0.25) is 0 Å². The molecule has 1 heterocycles. The van der Waals surface area contributed by atoms with Crippen LogP contribution in [0.2, 0.25) is 0 Å². The average Bonchev–Trinajstić information content (AvgIpc) is 2.93. The molecule has 1 aliphatic carbocycles. The molecule has 1 saturated heterocycles. The lowest BCUT2D eigenvalue weighted by molar-refractivity contribution is -0.384. The summed E-state index contributed by atoms with van der Waals surface area (Å²) in [5.41, 5.74) is 0.770. The summed E-state index contributed by atoms with van der Waals surface area (Å²) in [5, 5.41) is 20.4. The first-order chi connectivity index (χ1) is 11.4. The molecule has 1 aromatic carbocycles. The third kappa shape index (κ3) is 2.74. The minimum atomic E-state index is -0.975. The van der Waals surface area contributed by atoms with Crippen molar-refractivity contribution < 1.29 is 19.6 Å². The maximum absolute atomic E-state index is 13.0. The molecule has 3 rings (SSSR count). The summed E-state index contributed by atoms with van der Waals surface area (Å²) in [5.74, 6) is -1.07. The van der Waals surface area contributed by atoms with Crippen molar-refractivity contribution in [3.63, 3.8) is 0 Å². The number of hydrogen-bond donors (Lipinski definition) is 1. The molecule has 3 unspecified atom stereocenters. The number of non-ortho nitro benzene ring substituents is 1. The number of carboxylic acids is 1. The van der Waals surface area contributed by atoms with Gasteiger partial charge in [-0.15, -0.1) is 0 Å². The fourth-order valence-corrected chi connectivity index (χ4v) is 4.11. The Balaban J connectivity index is 1.94. The van der Waals surface area contributed by atoms with Crippen molar-refractivity contribution in [3.05, 3.63) is 39.4 Å². The number of carbonyl (C=O) groups is 2. The van der Waals surface area contributed by atoms with Crippen LogP contribution in [0.25, 0.3) is 0 Å². The molecule has 3 atom stereocenters. The largest absolute Gasteiger partial charge is 0.480 e. The van der Waals surface area contributed by atoms with Crippen LogP contribution in [0.15, 0.2) is 18.2 Å². The number of nitrogens with zero attached hydrogens (tertiary/aromatic N) is 2. The molecule has 7 heteroatoms. The summed E-state index contributed by atoms with van der Waals surface area (Å²) in [6, 6.07) is 3.24. The number of likely N-dealkylation sites (tertiary alicyclic amines) is 1. The van der Waals surface area contributed by atoms with E-state index in [0.717, 1.165) is 25.7 Å². The zero-order chi connectivity index (χ0) is 17.4. The number of fused-ring (bicyclic) bond motifs is 1. The number of amides is 1. The Morgan fingerprint density at radius 2 is 2.00 bits per heavy atom. The second-order valence-corrected chi connectivity index (χ2v) is 6.67. The monoisotopic (exact) mass is 332 g/mol. The first-order valence-corrected chi connectivity index (χ1v) is 8.20.